The number of nitro groups is 1. The lowest BCUT2D eigenvalue weighted by atomic mass is 9.99. The molecule has 10 nitrogen and oxygen atoms in total. The summed E-state index contributed by atoms with van der Waals surface area (Å²) in [6.45, 7) is 0.0935. The van der Waals surface area contributed by atoms with Crippen LogP contribution in [0.1, 0.15) is 18.4 Å². The number of nitrogens with zero attached hydrogens (tertiary/aromatic N) is 3. The smallest absolute Gasteiger partial charge is 0.306 e. The van der Waals surface area contributed by atoms with Gasteiger partial charge >= 0.3 is 5.97 Å². The lowest BCUT2D eigenvalue weighted by molar-refractivity contribution is -0.384. The Bertz CT molecular complexity index is 1140. The summed E-state index contributed by atoms with van der Waals surface area (Å²) < 4.78 is 26.9. The van der Waals surface area contributed by atoms with Gasteiger partial charge in [0.15, 0.2) is 0 Å². The first-order chi connectivity index (χ1) is 15.3. The molecule has 0 radical (unpaired) electrons. The zero-order valence-electron chi connectivity index (χ0n) is 17.0. The van der Waals surface area contributed by atoms with Crippen LogP contribution in [0, 0.1) is 16.0 Å². The van der Waals surface area contributed by atoms with E-state index in [1.165, 1.54) is 18.3 Å². The molecule has 168 valence electrons. The standard InChI is InChI=1S/C21H22N4O6S/c26-21(27)17-10-13-24(14-11-17)32(30,31)18-8-9-19(20(15-18)25(28)29)23-22-12-4-7-16-5-2-1-3-6-16/h1-9,12,15,17,23H,10-11,13-14H2,(H,26,27)/b7-4+,22-12+. The minimum absolute atomic E-state index is 0.0443. The van der Waals surface area contributed by atoms with E-state index in [2.05, 4.69) is 10.5 Å². The molecule has 1 aliphatic heterocycles. The normalized spacial score (nSPS) is 15.9. The van der Waals surface area contributed by atoms with Crippen molar-refractivity contribution in [2.45, 2.75) is 17.7 Å². The number of carbonyl (C=O) groups is 1. The molecule has 0 amide bonds. The van der Waals surface area contributed by atoms with E-state index in [0.29, 0.717) is 0 Å². The van der Waals surface area contributed by atoms with Crippen molar-refractivity contribution in [3.63, 3.8) is 0 Å². The van der Waals surface area contributed by atoms with Gasteiger partial charge in [-0.15, -0.1) is 0 Å². The average molecular weight is 458 g/mol. The average Bonchev–Trinajstić information content (AvgIpc) is 2.79. The number of hydrazone groups is 1. The maximum Gasteiger partial charge on any atom is 0.306 e. The second-order valence-electron chi connectivity index (χ2n) is 7.11. The van der Waals surface area contributed by atoms with Crippen LogP contribution in [0.3, 0.4) is 0 Å². The molecule has 0 spiro atoms. The van der Waals surface area contributed by atoms with Crippen LogP contribution in [0.15, 0.2) is 64.6 Å². The number of benzene rings is 2. The number of rotatable bonds is 8. The number of nitro benzene ring substituents is 1. The summed E-state index contributed by atoms with van der Waals surface area (Å²) in [6.07, 6.45) is 5.29. The van der Waals surface area contributed by atoms with E-state index in [1.54, 1.807) is 6.08 Å². The largest absolute Gasteiger partial charge is 0.481 e. The summed E-state index contributed by atoms with van der Waals surface area (Å²) in [5.74, 6) is -1.54. The molecule has 32 heavy (non-hydrogen) atoms. The molecule has 2 N–H and O–H groups in total. The summed E-state index contributed by atoms with van der Waals surface area (Å²) >= 11 is 0. The summed E-state index contributed by atoms with van der Waals surface area (Å²) in [5, 5.41) is 24.5. The minimum atomic E-state index is -3.99. The minimum Gasteiger partial charge on any atom is -0.481 e. The first kappa shape index (κ1) is 23.1. The number of carboxylic acids is 1. The van der Waals surface area contributed by atoms with E-state index in [4.69, 9.17) is 5.11 Å². The van der Waals surface area contributed by atoms with E-state index in [0.717, 1.165) is 15.9 Å². The maximum absolute atomic E-state index is 12.9. The van der Waals surface area contributed by atoms with Gasteiger partial charge in [0.2, 0.25) is 10.0 Å². The number of piperidine rings is 1. The molecule has 0 unspecified atom stereocenters. The van der Waals surface area contributed by atoms with Crippen LogP contribution in [0.5, 0.6) is 0 Å². The van der Waals surface area contributed by atoms with Gasteiger partial charge in [-0.3, -0.25) is 20.3 Å². The molecule has 1 fully saturated rings. The molecule has 0 bridgehead atoms. The molecule has 0 saturated carbocycles. The van der Waals surface area contributed by atoms with Gasteiger partial charge < -0.3 is 5.11 Å². The zero-order chi connectivity index (χ0) is 23.1. The number of hydrogen-bond donors (Lipinski definition) is 2. The number of allylic oxidation sites excluding steroid dienone is 1. The van der Waals surface area contributed by atoms with Crippen molar-refractivity contribution < 1.29 is 23.2 Å². The van der Waals surface area contributed by atoms with Gasteiger partial charge in [0.1, 0.15) is 5.69 Å². The first-order valence-corrected chi connectivity index (χ1v) is 11.3. The Morgan fingerprint density at radius 1 is 1.19 bits per heavy atom. The summed E-state index contributed by atoms with van der Waals surface area (Å²) in [6, 6.07) is 13.0. The Hall–Kier alpha value is -3.57. The molecule has 1 aliphatic rings. The molecule has 1 saturated heterocycles. The maximum atomic E-state index is 12.9. The molecule has 11 heteroatoms. The van der Waals surface area contributed by atoms with Crippen molar-refractivity contribution in [3.05, 3.63) is 70.3 Å². The van der Waals surface area contributed by atoms with E-state index in [1.807, 2.05) is 36.4 Å². The highest BCUT2D eigenvalue weighted by molar-refractivity contribution is 7.89. The highest BCUT2D eigenvalue weighted by atomic mass is 32.2. The van der Waals surface area contributed by atoms with E-state index in [9.17, 15) is 23.3 Å². The number of sulfonamides is 1. The quantitative estimate of drug-likeness (QED) is 0.351. The fourth-order valence-corrected chi connectivity index (χ4v) is 4.77. The van der Waals surface area contributed by atoms with Gasteiger partial charge in [0.05, 0.1) is 15.7 Å². The molecule has 3 rings (SSSR count). The Morgan fingerprint density at radius 3 is 2.50 bits per heavy atom. The molecule has 0 aromatic heterocycles. The summed E-state index contributed by atoms with van der Waals surface area (Å²) in [7, 11) is -3.99. The van der Waals surface area contributed by atoms with Crippen molar-refractivity contribution in [1.82, 2.24) is 4.31 Å². The number of aliphatic carboxylic acids is 1. The third kappa shape index (κ3) is 5.56. The van der Waals surface area contributed by atoms with Crippen LogP contribution >= 0.6 is 0 Å². The number of carboxylic acid groups (broad SMARTS) is 1. The highest BCUT2D eigenvalue weighted by Gasteiger charge is 2.33. The van der Waals surface area contributed by atoms with E-state index < -0.39 is 32.5 Å². The van der Waals surface area contributed by atoms with Gasteiger partial charge in [-0.2, -0.15) is 9.41 Å². The van der Waals surface area contributed by atoms with Gasteiger partial charge in [0, 0.05) is 25.4 Å². The van der Waals surface area contributed by atoms with Crippen LogP contribution in [-0.2, 0) is 14.8 Å². The third-order valence-electron chi connectivity index (χ3n) is 5.04. The SMILES string of the molecule is O=C(O)C1CCN(S(=O)(=O)c2ccc(N/N=C/C=C/c3ccccc3)c([N+](=O)[O-])c2)CC1. The summed E-state index contributed by atoms with van der Waals surface area (Å²) in [4.78, 5) is 21.7. The lowest BCUT2D eigenvalue weighted by Gasteiger charge is -2.29. The predicted octanol–water partition coefficient (Wildman–Crippen LogP) is 3.19. The van der Waals surface area contributed by atoms with Crippen molar-refractivity contribution in [3.8, 4) is 0 Å². The van der Waals surface area contributed by atoms with E-state index >= 15 is 0 Å². The van der Waals surface area contributed by atoms with Crippen molar-refractivity contribution >= 4 is 39.7 Å². The second-order valence-corrected chi connectivity index (χ2v) is 9.05. The molecular weight excluding hydrogens is 436 g/mol. The van der Waals surface area contributed by atoms with Crippen molar-refractivity contribution in [1.29, 1.82) is 0 Å². The van der Waals surface area contributed by atoms with Gasteiger partial charge in [-0.1, -0.05) is 36.4 Å². The summed E-state index contributed by atoms with van der Waals surface area (Å²) in [5.41, 5.74) is 3.13. The first-order valence-electron chi connectivity index (χ1n) is 9.81. The van der Waals surface area contributed by atoms with Crippen molar-refractivity contribution in [2.75, 3.05) is 18.5 Å². The van der Waals surface area contributed by atoms with Crippen LogP contribution in [0.2, 0.25) is 0 Å². The van der Waals surface area contributed by atoms with Gasteiger partial charge in [-0.05, 0) is 36.6 Å². The Balaban J connectivity index is 1.73. The van der Waals surface area contributed by atoms with Crippen LogP contribution in [-0.4, -0.2) is 48.0 Å². The van der Waals surface area contributed by atoms with E-state index in [-0.39, 0.29) is 36.5 Å². The van der Waals surface area contributed by atoms with Gasteiger partial charge in [0.25, 0.3) is 5.69 Å². The fourth-order valence-electron chi connectivity index (χ4n) is 3.28. The van der Waals surface area contributed by atoms with Crippen LogP contribution in [0.4, 0.5) is 11.4 Å². The topological polar surface area (TPSA) is 142 Å². The Kier molecular flexibility index (Phi) is 7.33. The third-order valence-corrected chi connectivity index (χ3v) is 6.94. The van der Waals surface area contributed by atoms with Gasteiger partial charge in [-0.25, -0.2) is 8.42 Å². The van der Waals surface area contributed by atoms with Crippen LogP contribution < -0.4 is 5.43 Å². The molecule has 2 aromatic rings. The second kappa shape index (κ2) is 10.2. The number of anilines is 1. The lowest BCUT2D eigenvalue weighted by Crippen LogP contribution is -2.40. The number of nitrogens with one attached hydrogen (secondary N) is 1. The zero-order valence-corrected chi connectivity index (χ0v) is 17.8. The van der Waals surface area contributed by atoms with Crippen molar-refractivity contribution in [2.24, 2.45) is 11.0 Å². The Morgan fingerprint density at radius 2 is 1.88 bits per heavy atom. The molecule has 0 aliphatic carbocycles. The monoisotopic (exact) mass is 458 g/mol. The Labute approximate surface area is 185 Å². The molecule has 1 heterocycles. The molecular formula is C21H22N4O6S. The predicted molar refractivity (Wildman–Crippen MR) is 120 cm³/mol. The van der Waals surface area contributed by atoms with Crippen LogP contribution in [0.25, 0.3) is 6.08 Å². The molecule has 2 aromatic carbocycles. The molecule has 0 atom stereocenters. The fraction of sp³-hybridized carbons (Fsp3) is 0.238. The number of hydrogen-bond acceptors (Lipinski definition) is 7. The highest BCUT2D eigenvalue weighted by Crippen LogP contribution is 2.30.